The number of piperidine rings is 1. The van der Waals surface area contributed by atoms with Gasteiger partial charge in [-0.05, 0) is 37.5 Å². The van der Waals surface area contributed by atoms with E-state index in [1.807, 2.05) is 28.0 Å². The van der Waals surface area contributed by atoms with Crippen molar-refractivity contribution in [3.63, 3.8) is 0 Å². The van der Waals surface area contributed by atoms with Crippen LogP contribution in [0.1, 0.15) is 69.8 Å². The summed E-state index contributed by atoms with van der Waals surface area (Å²) in [4.78, 5) is 75.3. The predicted octanol–water partition coefficient (Wildman–Crippen LogP) is 1.86. The fourth-order valence-corrected chi connectivity index (χ4v) is 5.06. The van der Waals surface area contributed by atoms with E-state index in [-0.39, 0.29) is 41.4 Å². The summed E-state index contributed by atoms with van der Waals surface area (Å²) in [7, 11) is 7.44. The molecule has 2 aliphatic rings. The Morgan fingerprint density at radius 3 is 1.47 bits per heavy atom. The van der Waals surface area contributed by atoms with Crippen molar-refractivity contribution in [2.75, 3.05) is 53.5 Å². The number of likely N-dealkylation sites (tertiary alicyclic amines) is 1. The van der Waals surface area contributed by atoms with Crippen LogP contribution in [0.2, 0.25) is 10.0 Å². The summed E-state index contributed by atoms with van der Waals surface area (Å²) in [5.41, 5.74) is 1.56. The number of carbonyl (C=O) groups is 6. The van der Waals surface area contributed by atoms with Crippen LogP contribution < -0.4 is 39.0 Å². The Morgan fingerprint density at radius 1 is 0.679 bits per heavy atom. The molecule has 4 rings (SSSR count). The molecular formula is C35H48BCl2N3NaO11. The molecule has 3 radical (unpaired) electrons. The number of para-hydroxylation sites is 2. The number of carbonyl (C=O) groups excluding carboxylic acids is 6. The zero-order valence-electron chi connectivity index (χ0n) is 31.8. The van der Waals surface area contributed by atoms with Crippen LogP contribution in [0.25, 0.3) is 0 Å². The van der Waals surface area contributed by atoms with E-state index in [0.29, 0.717) is 27.6 Å². The molecule has 0 aromatic heterocycles. The van der Waals surface area contributed by atoms with Crippen molar-refractivity contribution < 1.29 is 82.2 Å². The fraction of sp³-hybridized carbons (Fsp3) is 0.486. The fourth-order valence-electron chi connectivity index (χ4n) is 4.53. The first-order valence-corrected chi connectivity index (χ1v) is 16.9. The molecule has 2 aromatic carbocycles. The summed E-state index contributed by atoms with van der Waals surface area (Å²) in [6, 6.07) is 10.8. The number of hydrogen-bond acceptors (Lipinski definition) is 12. The molecule has 2 aliphatic heterocycles. The molecule has 2 aromatic rings. The summed E-state index contributed by atoms with van der Waals surface area (Å²) in [5, 5.41) is 1.10. The zero-order chi connectivity index (χ0) is 39.6. The molecule has 14 nitrogen and oxygen atoms in total. The Morgan fingerprint density at radius 2 is 1.11 bits per heavy atom. The Kier molecular flexibility index (Phi) is 29.3. The Bertz CT molecular complexity index is 1430. The van der Waals surface area contributed by atoms with Crippen molar-refractivity contribution in [2.45, 2.75) is 60.4 Å². The number of methoxy groups -OCH3 is 2. The Balaban J connectivity index is 0. The van der Waals surface area contributed by atoms with Gasteiger partial charge in [0.2, 0.25) is 17.8 Å². The third-order valence-electron chi connectivity index (χ3n) is 7.04. The minimum absolute atomic E-state index is 0. The SMILES string of the molecule is CC(=O)N1CCCCC1.CC(=O)OOC(C)=O.COc1c(Cl)cccc1C=O.COc1c(Cl)cccc1CN1CCN(C(C)=O)CC1.[B-]OC(C)=O.[Na+]. The molecule has 2 heterocycles. The molecule has 0 aliphatic carbocycles. The van der Waals surface area contributed by atoms with Gasteiger partial charge < -0.3 is 32.0 Å². The van der Waals surface area contributed by atoms with Crippen LogP contribution in [0.3, 0.4) is 0 Å². The largest absolute Gasteiger partial charge is 1.00 e. The molecule has 2 amide bonds. The molecule has 0 N–H and O–H groups in total. The smallest absolute Gasteiger partial charge is 0.793 e. The van der Waals surface area contributed by atoms with Crippen LogP contribution in [-0.2, 0) is 44.9 Å². The number of hydrogen-bond donors (Lipinski definition) is 0. The minimum Gasteiger partial charge on any atom is -0.793 e. The van der Waals surface area contributed by atoms with E-state index in [4.69, 9.17) is 32.7 Å². The molecule has 2 fully saturated rings. The zero-order valence-corrected chi connectivity index (χ0v) is 35.3. The molecule has 0 bridgehead atoms. The number of rotatable bonds is 5. The molecule has 2 saturated heterocycles. The van der Waals surface area contributed by atoms with E-state index in [0.717, 1.165) is 71.0 Å². The number of benzene rings is 2. The van der Waals surface area contributed by atoms with Gasteiger partial charge in [0, 0.05) is 86.0 Å². The number of aldehydes is 1. The normalized spacial score (nSPS) is 13.0. The Labute approximate surface area is 345 Å². The van der Waals surface area contributed by atoms with Crippen molar-refractivity contribution in [1.82, 2.24) is 14.7 Å². The van der Waals surface area contributed by atoms with Crippen molar-refractivity contribution in [2.24, 2.45) is 0 Å². The molecule has 53 heavy (non-hydrogen) atoms. The van der Waals surface area contributed by atoms with Crippen molar-refractivity contribution in [3.05, 3.63) is 57.6 Å². The topological polar surface area (TPSA) is 158 Å². The maximum Gasteiger partial charge on any atom is 1.00 e. The van der Waals surface area contributed by atoms with E-state index < -0.39 is 17.9 Å². The number of piperazine rings is 1. The van der Waals surface area contributed by atoms with Gasteiger partial charge in [0.15, 0.2) is 6.29 Å². The molecule has 0 atom stereocenters. The van der Waals surface area contributed by atoms with Crippen LogP contribution in [0.4, 0.5) is 0 Å². The third kappa shape index (κ3) is 23.1. The molecule has 18 heteroatoms. The van der Waals surface area contributed by atoms with Crippen molar-refractivity contribution in [1.29, 1.82) is 0 Å². The van der Waals surface area contributed by atoms with Gasteiger partial charge in [-0.25, -0.2) is 19.4 Å². The number of halogens is 2. The van der Waals surface area contributed by atoms with Gasteiger partial charge >= 0.3 is 41.5 Å². The molecule has 0 spiro atoms. The van der Waals surface area contributed by atoms with Crippen LogP contribution in [-0.4, -0.2) is 112 Å². The summed E-state index contributed by atoms with van der Waals surface area (Å²) in [5.74, 6) is -0.178. The van der Waals surface area contributed by atoms with Gasteiger partial charge in [-0.2, -0.15) is 0 Å². The average molecular weight is 791 g/mol. The van der Waals surface area contributed by atoms with E-state index in [1.165, 1.54) is 33.3 Å². The van der Waals surface area contributed by atoms with Crippen LogP contribution in [0, 0.1) is 0 Å². The van der Waals surface area contributed by atoms with E-state index in [1.54, 1.807) is 39.2 Å². The van der Waals surface area contributed by atoms with Crippen LogP contribution in [0.5, 0.6) is 11.5 Å². The van der Waals surface area contributed by atoms with Gasteiger partial charge in [-0.1, -0.05) is 41.4 Å². The van der Waals surface area contributed by atoms with Crippen LogP contribution >= 0.6 is 23.2 Å². The first-order chi connectivity index (χ1) is 24.6. The quantitative estimate of drug-likeness (QED) is 0.188. The van der Waals surface area contributed by atoms with E-state index >= 15 is 0 Å². The van der Waals surface area contributed by atoms with Gasteiger partial charge in [0.1, 0.15) is 11.5 Å². The second-order valence-corrected chi connectivity index (χ2v) is 11.8. The van der Waals surface area contributed by atoms with Crippen molar-refractivity contribution in [3.8, 4) is 11.5 Å². The molecule has 0 unspecified atom stereocenters. The van der Waals surface area contributed by atoms with E-state index in [9.17, 15) is 28.8 Å². The molecular weight excluding hydrogens is 743 g/mol. The Hall–Kier alpha value is -3.34. The van der Waals surface area contributed by atoms with Crippen LogP contribution in [0.15, 0.2) is 36.4 Å². The van der Waals surface area contributed by atoms with Gasteiger partial charge in [0.25, 0.3) is 0 Å². The molecule has 0 saturated carbocycles. The summed E-state index contributed by atoms with van der Waals surface area (Å²) < 4.78 is 13.9. The van der Waals surface area contributed by atoms with Crippen molar-refractivity contribution >= 4 is 67.3 Å². The first kappa shape index (κ1) is 51.8. The second kappa shape index (κ2) is 30.0. The maximum absolute atomic E-state index is 11.3. The van der Waals surface area contributed by atoms with E-state index in [2.05, 4.69) is 27.4 Å². The summed E-state index contributed by atoms with van der Waals surface area (Å²) >= 11 is 11.8. The summed E-state index contributed by atoms with van der Waals surface area (Å²) in [6.07, 6.45) is 4.40. The number of nitrogens with zero attached hydrogens (tertiary/aromatic N) is 3. The van der Waals surface area contributed by atoms with Gasteiger partial charge in [-0.15, -0.1) is 0 Å². The monoisotopic (exact) mass is 790 g/mol. The van der Waals surface area contributed by atoms with Gasteiger partial charge in [0.05, 0.1) is 29.8 Å². The van der Waals surface area contributed by atoms with Gasteiger partial charge in [-0.3, -0.25) is 24.1 Å². The number of amides is 2. The number of ether oxygens (including phenoxy) is 2. The standard InChI is InChI=1S/C14H19ClN2O2.C8H7ClO2.C7H13NO.C4H6O4.C2H3BO2.Na/c1-11(18)17-8-6-16(7-9-17)10-12-4-3-5-13(15)14(12)19-2;1-11-8-6(5-10)3-2-4-7(8)9;1-7(9)8-5-3-2-4-6-8;1-3(5)7-8-4(2)6;1-2(4)5-3;/h3-5H,6-10H2,1-2H3;2-5H,1H3;2-6H2,1H3;1-2H3;1H3;/q;;;;-1;+1. The predicted molar refractivity (Wildman–Crippen MR) is 196 cm³/mol. The molecule has 287 valence electrons. The average Bonchev–Trinajstić information content (AvgIpc) is 3.12. The third-order valence-corrected chi connectivity index (χ3v) is 7.63. The first-order valence-electron chi connectivity index (χ1n) is 16.2. The second-order valence-electron chi connectivity index (χ2n) is 11.0. The minimum atomic E-state index is -0.639. The maximum atomic E-state index is 11.3. The summed E-state index contributed by atoms with van der Waals surface area (Å²) in [6.45, 7) is 12.9.